The molecule has 92 valence electrons. The van der Waals surface area contributed by atoms with E-state index in [2.05, 4.69) is 64.8 Å². The standard InChI is InChI=1S/C12H7Br2IN2O/c13-9-3-2-8(15)5-10(9)17-12(18)7-1-4-11(14)16-6-7/h1-6H,(H,17,18). The number of anilines is 1. The van der Waals surface area contributed by atoms with E-state index in [-0.39, 0.29) is 5.91 Å². The van der Waals surface area contributed by atoms with Gasteiger partial charge in [-0.05, 0) is 84.8 Å². The maximum Gasteiger partial charge on any atom is 0.257 e. The van der Waals surface area contributed by atoms with Crippen molar-refractivity contribution in [3.05, 3.63) is 54.7 Å². The predicted molar refractivity (Wildman–Crippen MR) is 86.7 cm³/mol. The molecular formula is C12H7Br2IN2O. The van der Waals surface area contributed by atoms with Crippen molar-refractivity contribution in [2.45, 2.75) is 0 Å². The third-order valence-corrected chi connectivity index (χ3v) is 4.00. The number of pyridine rings is 1. The fourth-order valence-electron chi connectivity index (χ4n) is 1.30. The van der Waals surface area contributed by atoms with Crippen molar-refractivity contribution in [3.8, 4) is 0 Å². The lowest BCUT2D eigenvalue weighted by Gasteiger charge is -2.07. The van der Waals surface area contributed by atoms with Gasteiger partial charge in [-0.3, -0.25) is 4.79 Å². The molecule has 0 radical (unpaired) electrons. The molecule has 1 aromatic heterocycles. The van der Waals surface area contributed by atoms with Gasteiger partial charge >= 0.3 is 0 Å². The summed E-state index contributed by atoms with van der Waals surface area (Å²) in [5, 5.41) is 2.84. The predicted octanol–water partition coefficient (Wildman–Crippen LogP) is 4.46. The van der Waals surface area contributed by atoms with Crippen LogP contribution in [0.3, 0.4) is 0 Å². The molecule has 0 bridgehead atoms. The average molecular weight is 482 g/mol. The van der Waals surface area contributed by atoms with E-state index in [4.69, 9.17) is 0 Å². The summed E-state index contributed by atoms with van der Waals surface area (Å²) in [6, 6.07) is 9.21. The molecule has 18 heavy (non-hydrogen) atoms. The molecule has 0 aliphatic carbocycles. The number of amides is 1. The van der Waals surface area contributed by atoms with Crippen LogP contribution in [0.2, 0.25) is 0 Å². The quantitative estimate of drug-likeness (QED) is 0.508. The summed E-state index contributed by atoms with van der Waals surface area (Å²) in [6.07, 6.45) is 1.53. The van der Waals surface area contributed by atoms with Gasteiger partial charge in [0.25, 0.3) is 5.91 Å². The van der Waals surface area contributed by atoms with Crippen molar-refractivity contribution in [1.29, 1.82) is 0 Å². The van der Waals surface area contributed by atoms with Crippen LogP contribution < -0.4 is 5.32 Å². The van der Waals surface area contributed by atoms with Gasteiger partial charge in [0.05, 0.1) is 11.3 Å². The molecule has 2 rings (SSSR count). The van der Waals surface area contributed by atoms with Crippen molar-refractivity contribution < 1.29 is 4.79 Å². The van der Waals surface area contributed by atoms with Crippen LogP contribution >= 0.6 is 54.5 Å². The first-order valence-corrected chi connectivity index (χ1v) is 7.61. The molecule has 0 spiro atoms. The zero-order valence-electron chi connectivity index (χ0n) is 8.95. The van der Waals surface area contributed by atoms with Crippen LogP contribution in [0.15, 0.2) is 45.6 Å². The lowest BCUT2D eigenvalue weighted by Crippen LogP contribution is -2.12. The van der Waals surface area contributed by atoms with E-state index in [9.17, 15) is 4.79 Å². The molecule has 1 aromatic carbocycles. The van der Waals surface area contributed by atoms with Gasteiger partial charge in [-0.25, -0.2) is 4.98 Å². The van der Waals surface area contributed by atoms with E-state index in [0.29, 0.717) is 10.2 Å². The zero-order valence-corrected chi connectivity index (χ0v) is 14.3. The molecule has 3 nitrogen and oxygen atoms in total. The Morgan fingerprint density at radius 2 is 2.00 bits per heavy atom. The molecule has 0 saturated carbocycles. The summed E-state index contributed by atoms with van der Waals surface area (Å²) >= 11 is 8.83. The van der Waals surface area contributed by atoms with Crippen LogP contribution in [0.5, 0.6) is 0 Å². The van der Waals surface area contributed by atoms with E-state index >= 15 is 0 Å². The van der Waals surface area contributed by atoms with Gasteiger partial charge in [-0.15, -0.1) is 0 Å². The molecule has 2 aromatic rings. The van der Waals surface area contributed by atoms with Crippen molar-refractivity contribution in [1.82, 2.24) is 4.98 Å². The number of halogens is 3. The van der Waals surface area contributed by atoms with Crippen LogP contribution in [0.1, 0.15) is 10.4 Å². The fourth-order valence-corrected chi connectivity index (χ4v) is 2.37. The number of nitrogens with zero attached hydrogens (tertiary/aromatic N) is 1. The third-order valence-electron chi connectivity index (χ3n) is 2.17. The number of carbonyl (C=O) groups is 1. The SMILES string of the molecule is O=C(Nc1cc(I)ccc1Br)c1ccc(Br)nc1. The first-order chi connectivity index (χ1) is 8.56. The summed E-state index contributed by atoms with van der Waals surface area (Å²) in [5.74, 6) is -0.183. The highest BCUT2D eigenvalue weighted by atomic mass is 127. The van der Waals surface area contributed by atoms with Crippen LogP contribution in [0, 0.1) is 3.57 Å². The normalized spacial score (nSPS) is 10.2. The zero-order chi connectivity index (χ0) is 13.1. The van der Waals surface area contributed by atoms with Crippen molar-refractivity contribution >= 4 is 66.0 Å². The summed E-state index contributed by atoms with van der Waals surface area (Å²) in [5.41, 5.74) is 1.26. The van der Waals surface area contributed by atoms with Crippen molar-refractivity contribution in [3.63, 3.8) is 0 Å². The molecule has 6 heteroatoms. The van der Waals surface area contributed by atoms with Crippen LogP contribution in [0.25, 0.3) is 0 Å². The number of benzene rings is 1. The van der Waals surface area contributed by atoms with Crippen LogP contribution in [-0.4, -0.2) is 10.9 Å². The summed E-state index contributed by atoms with van der Waals surface area (Å²) < 4.78 is 2.61. The van der Waals surface area contributed by atoms with Gasteiger partial charge in [0.1, 0.15) is 4.60 Å². The van der Waals surface area contributed by atoms with Gasteiger partial charge in [-0.2, -0.15) is 0 Å². The molecule has 0 atom stereocenters. The Morgan fingerprint density at radius 3 is 2.67 bits per heavy atom. The number of rotatable bonds is 2. The number of hydrogen-bond acceptors (Lipinski definition) is 2. The third kappa shape index (κ3) is 3.52. The largest absolute Gasteiger partial charge is 0.321 e. The lowest BCUT2D eigenvalue weighted by atomic mass is 10.2. The van der Waals surface area contributed by atoms with Crippen molar-refractivity contribution in [2.75, 3.05) is 5.32 Å². The van der Waals surface area contributed by atoms with E-state index in [1.54, 1.807) is 12.1 Å². The maximum absolute atomic E-state index is 12.0. The Morgan fingerprint density at radius 1 is 1.22 bits per heavy atom. The number of carbonyl (C=O) groups excluding carboxylic acids is 1. The minimum Gasteiger partial charge on any atom is -0.321 e. The molecule has 0 aliphatic heterocycles. The number of nitrogens with one attached hydrogen (secondary N) is 1. The van der Waals surface area contributed by atoms with E-state index in [1.165, 1.54) is 6.20 Å². The second kappa shape index (κ2) is 6.12. The molecule has 0 saturated heterocycles. The van der Waals surface area contributed by atoms with Crippen LogP contribution in [-0.2, 0) is 0 Å². The van der Waals surface area contributed by atoms with E-state index < -0.39 is 0 Å². The Bertz CT molecular complexity index is 587. The number of hydrogen-bond donors (Lipinski definition) is 1. The van der Waals surface area contributed by atoms with E-state index in [1.807, 2.05) is 18.2 Å². The van der Waals surface area contributed by atoms with Crippen molar-refractivity contribution in [2.24, 2.45) is 0 Å². The van der Waals surface area contributed by atoms with Gasteiger partial charge in [0.2, 0.25) is 0 Å². The Hall–Kier alpha value is -0.470. The van der Waals surface area contributed by atoms with Gasteiger partial charge in [0, 0.05) is 14.2 Å². The van der Waals surface area contributed by atoms with E-state index in [0.717, 1.165) is 13.7 Å². The Balaban J connectivity index is 2.21. The molecule has 0 fully saturated rings. The van der Waals surface area contributed by atoms with Gasteiger partial charge in [-0.1, -0.05) is 0 Å². The monoisotopic (exact) mass is 480 g/mol. The highest BCUT2D eigenvalue weighted by molar-refractivity contribution is 14.1. The second-order valence-corrected chi connectivity index (χ2v) is 6.36. The fraction of sp³-hybridized carbons (Fsp3) is 0. The summed E-state index contributed by atoms with van der Waals surface area (Å²) in [6.45, 7) is 0. The molecule has 0 unspecified atom stereocenters. The summed E-state index contributed by atoms with van der Waals surface area (Å²) in [4.78, 5) is 16.0. The Labute approximate surface area is 135 Å². The highest BCUT2D eigenvalue weighted by Gasteiger charge is 2.09. The average Bonchev–Trinajstić information content (AvgIpc) is 2.34. The molecular weight excluding hydrogens is 475 g/mol. The summed E-state index contributed by atoms with van der Waals surface area (Å²) in [7, 11) is 0. The van der Waals surface area contributed by atoms with Gasteiger partial charge in [0.15, 0.2) is 0 Å². The first kappa shape index (κ1) is 14.0. The lowest BCUT2D eigenvalue weighted by molar-refractivity contribution is 0.102. The molecule has 1 heterocycles. The molecule has 1 N–H and O–H groups in total. The Kier molecular flexibility index (Phi) is 4.74. The van der Waals surface area contributed by atoms with Gasteiger partial charge < -0.3 is 5.32 Å². The smallest absolute Gasteiger partial charge is 0.257 e. The topological polar surface area (TPSA) is 42.0 Å². The minimum absolute atomic E-state index is 0.183. The second-order valence-electron chi connectivity index (χ2n) is 3.45. The van der Waals surface area contributed by atoms with Crippen LogP contribution in [0.4, 0.5) is 5.69 Å². The molecule has 0 aliphatic rings. The highest BCUT2D eigenvalue weighted by Crippen LogP contribution is 2.24. The molecule has 1 amide bonds. The minimum atomic E-state index is -0.183. The maximum atomic E-state index is 12.0. The number of aromatic nitrogens is 1. The first-order valence-electron chi connectivity index (χ1n) is 4.94.